The average molecular weight is 512 g/mol. The molecule has 0 radical (unpaired) electrons. The standard InChI is InChI=1S/C26H27ClFN5O3/c1-15-16(2)30-25-24(20-5-4-19(27)11-21(20)28)31-22(14-33(25)26(15)34)17-6-8-36-23(10-17)18-12-29-32(13-18)7-9-35-3/h4-5,11-14,17,23H,6-10H2,1-3H3/t17-,23+/m0/s1. The second-order valence-electron chi connectivity index (χ2n) is 9.07. The van der Waals surface area contributed by atoms with Gasteiger partial charge in [0.15, 0.2) is 5.65 Å². The number of ether oxygens (including phenoxy) is 2. The first-order chi connectivity index (χ1) is 17.4. The molecule has 1 aliphatic heterocycles. The van der Waals surface area contributed by atoms with Crippen LogP contribution in [0.4, 0.5) is 4.39 Å². The zero-order valence-corrected chi connectivity index (χ0v) is 21.1. The van der Waals surface area contributed by atoms with E-state index in [9.17, 15) is 4.79 Å². The number of methoxy groups -OCH3 is 1. The summed E-state index contributed by atoms with van der Waals surface area (Å²) in [6, 6.07) is 4.43. The van der Waals surface area contributed by atoms with Crippen LogP contribution in [0.5, 0.6) is 0 Å². The van der Waals surface area contributed by atoms with E-state index in [0.29, 0.717) is 54.5 Å². The molecule has 3 aromatic heterocycles. The van der Waals surface area contributed by atoms with Gasteiger partial charge in [0.05, 0.1) is 31.1 Å². The summed E-state index contributed by atoms with van der Waals surface area (Å²) < 4.78 is 29.5. The second kappa shape index (κ2) is 10.1. The molecule has 5 rings (SSSR count). The maximum absolute atomic E-state index is 15.0. The summed E-state index contributed by atoms with van der Waals surface area (Å²) in [5.41, 5.74) is 3.48. The number of hydrogen-bond acceptors (Lipinski definition) is 6. The normalized spacial score (nSPS) is 18.1. The Bertz CT molecular complexity index is 1480. The molecule has 36 heavy (non-hydrogen) atoms. The van der Waals surface area contributed by atoms with E-state index >= 15 is 4.39 Å². The molecular weight excluding hydrogens is 485 g/mol. The van der Waals surface area contributed by atoms with E-state index in [1.165, 1.54) is 10.5 Å². The SMILES string of the molecule is COCCn1cc([C@H]2C[C@@H](c3cn4c(=O)c(C)c(C)nc4c(-c4ccc(Cl)cc4F)n3)CCO2)cn1. The summed E-state index contributed by atoms with van der Waals surface area (Å²) in [7, 11) is 1.66. The highest BCUT2D eigenvalue weighted by Gasteiger charge is 2.29. The minimum absolute atomic E-state index is 0.00176. The molecule has 188 valence electrons. The van der Waals surface area contributed by atoms with E-state index in [2.05, 4.69) is 10.1 Å². The highest BCUT2D eigenvalue weighted by molar-refractivity contribution is 6.30. The molecule has 10 heteroatoms. The lowest BCUT2D eigenvalue weighted by molar-refractivity contribution is 0.00452. The molecule has 1 saturated heterocycles. The Morgan fingerprint density at radius 2 is 2.08 bits per heavy atom. The number of hydrogen-bond donors (Lipinski definition) is 0. The smallest absolute Gasteiger partial charge is 0.261 e. The zero-order chi connectivity index (χ0) is 25.4. The number of aromatic nitrogens is 5. The van der Waals surface area contributed by atoms with E-state index < -0.39 is 5.82 Å². The second-order valence-corrected chi connectivity index (χ2v) is 9.51. The third kappa shape index (κ3) is 4.66. The highest BCUT2D eigenvalue weighted by atomic mass is 35.5. The van der Waals surface area contributed by atoms with Gasteiger partial charge >= 0.3 is 0 Å². The number of fused-ring (bicyclic) bond motifs is 1. The molecule has 0 N–H and O–H groups in total. The van der Waals surface area contributed by atoms with Crippen molar-refractivity contribution in [2.75, 3.05) is 20.3 Å². The fraction of sp³-hybridized carbons (Fsp3) is 0.385. The Hall–Kier alpha value is -3.14. The Labute approximate surface area is 212 Å². The molecule has 0 amide bonds. The van der Waals surface area contributed by atoms with Crippen molar-refractivity contribution >= 4 is 17.2 Å². The van der Waals surface area contributed by atoms with E-state index in [4.69, 9.17) is 26.1 Å². The van der Waals surface area contributed by atoms with Crippen molar-refractivity contribution in [1.29, 1.82) is 0 Å². The summed E-state index contributed by atoms with van der Waals surface area (Å²) in [5.74, 6) is -0.520. The van der Waals surface area contributed by atoms with Gasteiger partial charge in [-0.1, -0.05) is 11.6 Å². The van der Waals surface area contributed by atoms with Crippen molar-refractivity contribution in [2.24, 2.45) is 0 Å². The van der Waals surface area contributed by atoms with Gasteiger partial charge in [0.2, 0.25) is 0 Å². The van der Waals surface area contributed by atoms with Gasteiger partial charge in [0, 0.05) is 59.4 Å². The summed E-state index contributed by atoms with van der Waals surface area (Å²) >= 11 is 5.99. The predicted octanol–water partition coefficient (Wildman–Crippen LogP) is 4.64. The number of benzene rings is 1. The molecule has 0 bridgehead atoms. The Morgan fingerprint density at radius 1 is 1.25 bits per heavy atom. The minimum atomic E-state index is -0.519. The van der Waals surface area contributed by atoms with Crippen LogP contribution < -0.4 is 5.56 Å². The first-order valence-electron chi connectivity index (χ1n) is 11.8. The molecule has 0 spiro atoms. The van der Waals surface area contributed by atoms with Gasteiger partial charge in [0.1, 0.15) is 11.5 Å². The zero-order valence-electron chi connectivity index (χ0n) is 20.4. The highest BCUT2D eigenvalue weighted by Crippen LogP contribution is 2.38. The fourth-order valence-electron chi connectivity index (χ4n) is 4.56. The van der Waals surface area contributed by atoms with Crippen molar-refractivity contribution in [1.82, 2.24) is 24.1 Å². The lowest BCUT2D eigenvalue weighted by Crippen LogP contribution is -2.24. The molecule has 2 atom stereocenters. The molecule has 1 aromatic carbocycles. The van der Waals surface area contributed by atoms with Crippen molar-refractivity contribution in [3.8, 4) is 11.3 Å². The van der Waals surface area contributed by atoms with Crippen LogP contribution in [0.3, 0.4) is 0 Å². The van der Waals surface area contributed by atoms with Crippen LogP contribution in [0.2, 0.25) is 5.02 Å². The summed E-state index contributed by atoms with van der Waals surface area (Å²) in [6.07, 6.45) is 6.74. The Balaban J connectivity index is 1.57. The van der Waals surface area contributed by atoms with Crippen LogP contribution in [-0.4, -0.2) is 44.5 Å². The largest absolute Gasteiger partial charge is 0.383 e. The van der Waals surface area contributed by atoms with Crippen LogP contribution in [0.1, 0.15) is 47.4 Å². The van der Waals surface area contributed by atoms with Crippen molar-refractivity contribution < 1.29 is 13.9 Å². The van der Waals surface area contributed by atoms with Crippen molar-refractivity contribution in [3.63, 3.8) is 0 Å². The summed E-state index contributed by atoms with van der Waals surface area (Å²) in [5, 5.41) is 4.69. The van der Waals surface area contributed by atoms with Crippen LogP contribution in [0.25, 0.3) is 16.9 Å². The van der Waals surface area contributed by atoms with E-state index in [1.807, 2.05) is 17.1 Å². The van der Waals surface area contributed by atoms with Gasteiger partial charge in [-0.15, -0.1) is 0 Å². The van der Waals surface area contributed by atoms with E-state index in [-0.39, 0.29) is 28.2 Å². The molecule has 8 nitrogen and oxygen atoms in total. The summed E-state index contributed by atoms with van der Waals surface area (Å²) in [4.78, 5) is 22.7. The van der Waals surface area contributed by atoms with E-state index in [1.54, 1.807) is 39.3 Å². The molecule has 0 aliphatic carbocycles. The third-order valence-corrected chi connectivity index (χ3v) is 6.97. The van der Waals surface area contributed by atoms with E-state index in [0.717, 1.165) is 12.0 Å². The van der Waals surface area contributed by atoms with Gasteiger partial charge in [-0.25, -0.2) is 14.4 Å². The van der Waals surface area contributed by atoms with Gasteiger partial charge in [-0.3, -0.25) is 13.9 Å². The Kier molecular flexibility index (Phi) is 6.87. The maximum Gasteiger partial charge on any atom is 0.261 e. The maximum atomic E-state index is 15.0. The number of halogens is 2. The molecule has 4 aromatic rings. The molecule has 4 heterocycles. The van der Waals surface area contributed by atoms with Crippen LogP contribution in [-0.2, 0) is 16.0 Å². The number of aryl methyl sites for hydroxylation is 1. The molecule has 1 fully saturated rings. The topological polar surface area (TPSA) is 83.5 Å². The van der Waals surface area contributed by atoms with Crippen LogP contribution in [0.15, 0.2) is 41.6 Å². The number of nitrogens with zero attached hydrogens (tertiary/aromatic N) is 5. The predicted molar refractivity (Wildman–Crippen MR) is 134 cm³/mol. The van der Waals surface area contributed by atoms with Gasteiger partial charge < -0.3 is 9.47 Å². The molecule has 1 aliphatic rings. The monoisotopic (exact) mass is 511 g/mol. The van der Waals surface area contributed by atoms with Crippen molar-refractivity contribution in [2.45, 2.75) is 45.3 Å². The van der Waals surface area contributed by atoms with Crippen molar-refractivity contribution in [3.05, 3.63) is 80.5 Å². The summed E-state index contributed by atoms with van der Waals surface area (Å²) in [6.45, 7) is 5.27. The van der Waals surface area contributed by atoms with Gasteiger partial charge in [-0.05, 0) is 44.9 Å². The van der Waals surface area contributed by atoms with Gasteiger partial charge in [0.25, 0.3) is 5.56 Å². The Morgan fingerprint density at radius 3 is 2.86 bits per heavy atom. The lowest BCUT2D eigenvalue weighted by atomic mass is 9.90. The molecular formula is C26H27ClFN5O3. The van der Waals surface area contributed by atoms with Crippen LogP contribution in [0, 0.1) is 19.7 Å². The fourth-order valence-corrected chi connectivity index (χ4v) is 4.72. The lowest BCUT2D eigenvalue weighted by Gasteiger charge is -2.29. The molecule has 0 unspecified atom stereocenters. The first kappa shape index (κ1) is 24.5. The average Bonchev–Trinajstić information content (AvgIpc) is 3.35. The molecule has 0 saturated carbocycles. The van der Waals surface area contributed by atoms with Gasteiger partial charge in [-0.2, -0.15) is 5.10 Å². The number of rotatable bonds is 6. The third-order valence-electron chi connectivity index (χ3n) is 6.74. The first-order valence-corrected chi connectivity index (χ1v) is 12.2. The minimum Gasteiger partial charge on any atom is -0.383 e. The van der Waals surface area contributed by atoms with Crippen LogP contribution >= 0.6 is 11.6 Å². The quantitative estimate of drug-likeness (QED) is 0.375.